The lowest BCUT2D eigenvalue weighted by Gasteiger charge is -2.05. The minimum absolute atomic E-state index is 0.164. The molecular formula is C16H18N6O3. The average Bonchev–Trinajstić information content (AvgIpc) is 3.13. The molecule has 130 valence electrons. The van der Waals surface area contributed by atoms with Gasteiger partial charge in [0.25, 0.3) is 5.56 Å². The molecule has 3 heterocycles. The summed E-state index contributed by atoms with van der Waals surface area (Å²) in [6, 6.07) is 3.00. The van der Waals surface area contributed by atoms with E-state index in [1.165, 1.54) is 12.3 Å². The highest BCUT2D eigenvalue weighted by atomic mass is 16.5. The van der Waals surface area contributed by atoms with Gasteiger partial charge >= 0.3 is 0 Å². The molecule has 3 aromatic heterocycles. The second-order valence-corrected chi connectivity index (χ2v) is 5.70. The maximum atomic E-state index is 12.0. The number of anilines is 1. The van der Waals surface area contributed by atoms with Crippen molar-refractivity contribution in [2.45, 2.75) is 33.6 Å². The monoisotopic (exact) mass is 342 g/mol. The summed E-state index contributed by atoms with van der Waals surface area (Å²) in [5.74, 6) is 0.585. The number of hydrogen-bond donors (Lipinski definition) is 2. The number of H-pyrrole nitrogens is 1. The van der Waals surface area contributed by atoms with Crippen LogP contribution in [-0.4, -0.2) is 30.8 Å². The zero-order chi connectivity index (χ0) is 18.0. The quantitative estimate of drug-likeness (QED) is 0.724. The molecule has 0 aliphatic rings. The van der Waals surface area contributed by atoms with Crippen LogP contribution in [0.2, 0.25) is 0 Å². The van der Waals surface area contributed by atoms with E-state index < -0.39 is 0 Å². The van der Waals surface area contributed by atoms with E-state index in [4.69, 9.17) is 0 Å². The smallest absolute Gasteiger partial charge is 0.252 e. The van der Waals surface area contributed by atoms with Gasteiger partial charge < -0.3 is 9.84 Å². The Hall–Kier alpha value is -3.23. The first-order valence-corrected chi connectivity index (χ1v) is 7.77. The molecule has 0 fully saturated rings. The first-order chi connectivity index (χ1) is 11.9. The Labute approximate surface area is 143 Å². The topological polar surface area (TPSA) is 119 Å². The molecule has 3 rings (SSSR count). The van der Waals surface area contributed by atoms with Crippen molar-refractivity contribution in [3.8, 4) is 5.95 Å². The van der Waals surface area contributed by atoms with Crippen molar-refractivity contribution in [1.82, 2.24) is 24.9 Å². The number of carbonyl (C=O) groups excluding carboxylic acids is 1. The van der Waals surface area contributed by atoms with Gasteiger partial charge in [0.15, 0.2) is 5.82 Å². The van der Waals surface area contributed by atoms with Crippen LogP contribution in [0.3, 0.4) is 0 Å². The fourth-order valence-electron chi connectivity index (χ4n) is 2.63. The van der Waals surface area contributed by atoms with Crippen molar-refractivity contribution in [3.63, 3.8) is 0 Å². The van der Waals surface area contributed by atoms with Crippen LogP contribution in [0.1, 0.15) is 29.1 Å². The summed E-state index contributed by atoms with van der Waals surface area (Å²) in [7, 11) is 0. The van der Waals surface area contributed by atoms with Crippen LogP contribution in [0.15, 0.2) is 27.7 Å². The van der Waals surface area contributed by atoms with Gasteiger partial charge in [0.2, 0.25) is 11.9 Å². The van der Waals surface area contributed by atoms with Crippen LogP contribution < -0.4 is 10.9 Å². The van der Waals surface area contributed by atoms with Gasteiger partial charge in [0, 0.05) is 29.9 Å². The number of nitrogens with zero attached hydrogens (tertiary/aromatic N) is 4. The SMILES string of the molecule is Cc1cc(=O)[nH]c(-n2nc(C)c(CCC(=O)Nc3ccon3)c2C)n1. The Morgan fingerprint density at radius 3 is 2.84 bits per heavy atom. The van der Waals surface area contributed by atoms with E-state index in [0.717, 1.165) is 17.0 Å². The molecule has 0 aliphatic heterocycles. The van der Waals surface area contributed by atoms with Crippen molar-refractivity contribution in [2.75, 3.05) is 5.32 Å². The lowest BCUT2D eigenvalue weighted by Crippen LogP contribution is -2.15. The minimum atomic E-state index is -0.233. The Bertz CT molecular complexity index is 955. The van der Waals surface area contributed by atoms with Crippen molar-refractivity contribution in [1.29, 1.82) is 0 Å². The highest BCUT2D eigenvalue weighted by Crippen LogP contribution is 2.17. The van der Waals surface area contributed by atoms with Gasteiger partial charge in [0.05, 0.1) is 5.69 Å². The van der Waals surface area contributed by atoms with Gasteiger partial charge in [-0.25, -0.2) is 9.67 Å². The van der Waals surface area contributed by atoms with E-state index >= 15 is 0 Å². The number of nitrogens with one attached hydrogen (secondary N) is 2. The highest BCUT2D eigenvalue weighted by molar-refractivity contribution is 5.89. The Morgan fingerprint density at radius 1 is 1.36 bits per heavy atom. The number of carbonyl (C=O) groups is 1. The van der Waals surface area contributed by atoms with E-state index in [1.54, 1.807) is 17.7 Å². The summed E-state index contributed by atoms with van der Waals surface area (Å²) < 4.78 is 6.27. The van der Waals surface area contributed by atoms with Crippen molar-refractivity contribution >= 4 is 11.7 Å². The third-order valence-electron chi connectivity index (χ3n) is 3.81. The van der Waals surface area contributed by atoms with Crippen LogP contribution >= 0.6 is 0 Å². The number of hydrogen-bond acceptors (Lipinski definition) is 6. The predicted molar refractivity (Wildman–Crippen MR) is 89.6 cm³/mol. The maximum Gasteiger partial charge on any atom is 0.252 e. The van der Waals surface area contributed by atoms with E-state index in [1.807, 2.05) is 13.8 Å². The van der Waals surface area contributed by atoms with E-state index in [0.29, 0.717) is 23.9 Å². The number of aryl methyl sites for hydroxylation is 2. The molecule has 0 aliphatic carbocycles. The van der Waals surface area contributed by atoms with Crippen LogP contribution in [-0.2, 0) is 11.2 Å². The molecule has 25 heavy (non-hydrogen) atoms. The molecule has 9 heteroatoms. The second kappa shape index (κ2) is 6.71. The fraction of sp³-hybridized carbons (Fsp3) is 0.312. The molecule has 0 saturated carbocycles. The molecule has 0 radical (unpaired) electrons. The molecule has 9 nitrogen and oxygen atoms in total. The summed E-state index contributed by atoms with van der Waals surface area (Å²) in [4.78, 5) is 30.6. The van der Waals surface area contributed by atoms with Gasteiger partial charge in [-0.15, -0.1) is 0 Å². The number of rotatable bonds is 5. The zero-order valence-electron chi connectivity index (χ0n) is 14.2. The number of amides is 1. The van der Waals surface area contributed by atoms with Crippen LogP contribution in [0.5, 0.6) is 0 Å². The number of aromatic amines is 1. The third kappa shape index (κ3) is 3.65. The molecule has 2 N–H and O–H groups in total. The minimum Gasteiger partial charge on any atom is -0.363 e. The standard InChI is InChI=1S/C16H18N6O3/c1-9-8-15(24)19-16(17-9)22-11(3)12(10(2)20-22)4-5-14(23)18-13-6-7-25-21-13/h6-8H,4-5H2,1-3H3,(H,17,19,24)(H,18,21,23). The molecule has 0 atom stereocenters. The average molecular weight is 342 g/mol. The Morgan fingerprint density at radius 2 is 2.16 bits per heavy atom. The Balaban J connectivity index is 1.78. The molecule has 0 spiro atoms. The van der Waals surface area contributed by atoms with Crippen molar-refractivity contribution in [2.24, 2.45) is 0 Å². The van der Waals surface area contributed by atoms with Gasteiger partial charge in [-0.05, 0) is 32.8 Å². The van der Waals surface area contributed by atoms with E-state index in [-0.39, 0.29) is 17.9 Å². The predicted octanol–water partition coefficient (Wildman–Crippen LogP) is 1.44. The summed E-state index contributed by atoms with van der Waals surface area (Å²) in [6.45, 7) is 5.50. The molecular weight excluding hydrogens is 324 g/mol. The van der Waals surface area contributed by atoms with Gasteiger partial charge in [-0.1, -0.05) is 5.16 Å². The molecule has 1 amide bonds. The third-order valence-corrected chi connectivity index (χ3v) is 3.81. The number of aromatic nitrogens is 5. The van der Waals surface area contributed by atoms with E-state index in [9.17, 15) is 9.59 Å². The molecule has 0 bridgehead atoms. The normalized spacial score (nSPS) is 10.8. The van der Waals surface area contributed by atoms with Crippen LogP contribution in [0, 0.1) is 20.8 Å². The summed E-state index contributed by atoms with van der Waals surface area (Å²) in [6.07, 6.45) is 2.18. The van der Waals surface area contributed by atoms with Crippen LogP contribution in [0.4, 0.5) is 5.82 Å². The molecule has 3 aromatic rings. The first-order valence-electron chi connectivity index (χ1n) is 7.77. The first kappa shape index (κ1) is 16.6. The molecule has 0 aromatic carbocycles. The van der Waals surface area contributed by atoms with Gasteiger partial charge in [-0.3, -0.25) is 14.6 Å². The van der Waals surface area contributed by atoms with Gasteiger partial charge in [0.1, 0.15) is 6.26 Å². The maximum absolute atomic E-state index is 12.0. The lowest BCUT2D eigenvalue weighted by molar-refractivity contribution is -0.116. The van der Waals surface area contributed by atoms with Gasteiger partial charge in [-0.2, -0.15) is 5.10 Å². The van der Waals surface area contributed by atoms with Crippen molar-refractivity contribution < 1.29 is 9.32 Å². The highest BCUT2D eigenvalue weighted by Gasteiger charge is 2.16. The van der Waals surface area contributed by atoms with Crippen molar-refractivity contribution in [3.05, 3.63) is 51.4 Å². The summed E-state index contributed by atoms with van der Waals surface area (Å²) in [5, 5.41) is 10.7. The molecule has 0 unspecified atom stereocenters. The summed E-state index contributed by atoms with van der Waals surface area (Å²) in [5.41, 5.74) is 2.94. The zero-order valence-corrected chi connectivity index (χ0v) is 14.2. The van der Waals surface area contributed by atoms with Crippen LogP contribution in [0.25, 0.3) is 5.95 Å². The molecule has 0 saturated heterocycles. The largest absolute Gasteiger partial charge is 0.363 e. The van der Waals surface area contributed by atoms with E-state index in [2.05, 4.69) is 30.1 Å². The Kier molecular flexibility index (Phi) is 4.46. The lowest BCUT2D eigenvalue weighted by atomic mass is 10.1. The summed E-state index contributed by atoms with van der Waals surface area (Å²) >= 11 is 0. The second-order valence-electron chi connectivity index (χ2n) is 5.70. The fourth-order valence-corrected chi connectivity index (χ4v) is 2.63.